The summed E-state index contributed by atoms with van der Waals surface area (Å²) in [5.74, 6) is 1.62. The second kappa shape index (κ2) is 5.17. The van der Waals surface area contributed by atoms with Crippen LogP contribution in [0.1, 0.15) is 18.9 Å². The summed E-state index contributed by atoms with van der Waals surface area (Å²) >= 11 is 0. The fourth-order valence-corrected chi connectivity index (χ4v) is 2.08. The average Bonchev–Trinajstić information content (AvgIpc) is 2.37. The van der Waals surface area contributed by atoms with Crippen LogP contribution in [0.15, 0.2) is 42.2 Å². The number of aromatic hydroxyl groups is 1. The normalized spacial score (nSPS) is 18.8. The second-order valence-corrected chi connectivity index (χ2v) is 4.50. The first-order valence-corrected chi connectivity index (χ1v) is 6.00. The highest BCUT2D eigenvalue weighted by atomic mass is 16.5. The number of rotatable bonds is 3. The highest BCUT2D eigenvalue weighted by molar-refractivity contribution is 5.42. The number of methoxy groups -OCH3 is 1. The molecule has 3 nitrogen and oxygen atoms in total. The zero-order chi connectivity index (χ0) is 13.1. The fourth-order valence-electron chi connectivity index (χ4n) is 2.08. The Bertz CT molecular complexity index is 489. The summed E-state index contributed by atoms with van der Waals surface area (Å²) in [5.41, 5.74) is 2.22. The van der Waals surface area contributed by atoms with Gasteiger partial charge in [-0.25, -0.2) is 0 Å². The number of ether oxygens (including phenoxy) is 2. The number of benzene rings is 1. The second-order valence-electron chi connectivity index (χ2n) is 4.50. The van der Waals surface area contributed by atoms with Gasteiger partial charge in [-0.3, -0.25) is 0 Å². The lowest BCUT2D eigenvalue weighted by atomic mass is 9.97. The molecular formula is C15H18O3. The molecule has 0 saturated heterocycles. The van der Waals surface area contributed by atoms with E-state index in [1.807, 2.05) is 19.1 Å². The lowest BCUT2D eigenvalue weighted by Gasteiger charge is -2.27. The molecule has 0 aliphatic carbocycles. The standard InChI is InChI=1S/C15H18O3/c1-10(8-11(2)17-3)14-7-5-12-4-6-13(16)9-15(12)18-14/h4,6,8-9,14,16H,2,5,7H2,1,3H3. The van der Waals surface area contributed by atoms with Crippen LogP contribution in [0.4, 0.5) is 0 Å². The Morgan fingerprint density at radius 2 is 2.33 bits per heavy atom. The number of hydrogen-bond acceptors (Lipinski definition) is 3. The van der Waals surface area contributed by atoms with Gasteiger partial charge in [-0.15, -0.1) is 0 Å². The molecule has 1 aliphatic heterocycles. The molecule has 1 unspecified atom stereocenters. The number of phenolic OH excluding ortho intramolecular Hbond substituents is 1. The summed E-state index contributed by atoms with van der Waals surface area (Å²) in [5, 5.41) is 9.47. The van der Waals surface area contributed by atoms with E-state index in [9.17, 15) is 5.11 Å². The van der Waals surface area contributed by atoms with Crippen molar-refractivity contribution in [3.8, 4) is 11.5 Å². The third-order valence-corrected chi connectivity index (χ3v) is 3.15. The summed E-state index contributed by atoms with van der Waals surface area (Å²) < 4.78 is 10.9. The van der Waals surface area contributed by atoms with Gasteiger partial charge in [0.05, 0.1) is 7.11 Å². The van der Waals surface area contributed by atoms with E-state index in [1.165, 1.54) is 0 Å². The molecule has 0 aromatic heterocycles. The van der Waals surface area contributed by atoms with Crippen LogP contribution in [0.5, 0.6) is 11.5 Å². The summed E-state index contributed by atoms with van der Waals surface area (Å²) in [4.78, 5) is 0. The third kappa shape index (κ3) is 2.67. The van der Waals surface area contributed by atoms with Crippen LogP contribution in [-0.2, 0) is 11.2 Å². The van der Waals surface area contributed by atoms with E-state index >= 15 is 0 Å². The molecular weight excluding hydrogens is 228 g/mol. The van der Waals surface area contributed by atoms with Gasteiger partial charge >= 0.3 is 0 Å². The summed E-state index contributed by atoms with van der Waals surface area (Å²) in [7, 11) is 1.60. The third-order valence-electron chi connectivity index (χ3n) is 3.15. The Labute approximate surface area is 107 Å². The van der Waals surface area contributed by atoms with Crippen LogP contribution in [0.2, 0.25) is 0 Å². The highest BCUT2D eigenvalue weighted by Crippen LogP contribution is 2.32. The number of hydrogen-bond donors (Lipinski definition) is 1. The van der Waals surface area contributed by atoms with Gasteiger partial charge in [0, 0.05) is 6.07 Å². The molecule has 3 heteroatoms. The van der Waals surface area contributed by atoms with Crippen molar-refractivity contribution in [3.63, 3.8) is 0 Å². The molecule has 0 amide bonds. The monoisotopic (exact) mass is 246 g/mol. The first-order chi connectivity index (χ1) is 8.60. The van der Waals surface area contributed by atoms with Crippen molar-refractivity contribution in [1.82, 2.24) is 0 Å². The van der Waals surface area contributed by atoms with Crippen LogP contribution in [0.3, 0.4) is 0 Å². The Morgan fingerprint density at radius 1 is 1.56 bits per heavy atom. The van der Waals surface area contributed by atoms with Crippen LogP contribution < -0.4 is 4.74 Å². The molecule has 2 rings (SSSR count). The summed E-state index contributed by atoms with van der Waals surface area (Å²) in [6.07, 6.45) is 3.78. The molecule has 0 fully saturated rings. The quantitative estimate of drug-likeness (QED) is 0.657. The maximum atomic E-state index is 9.47. The van der Waals surface area contributed by atoms with Gasteiger partial charge in [-0.1, -0.05) is 12.6 Å². The van der Waals surface area contributed by atoms with Gasteiger partial charge in [-0.2, -0.15) is 0 Å². The van der Waals surface area contributed by atoms with Gasteiger partial charge < -0.3 is 14.6 Å². The Kier molecular flexibility index (Phi) is 3.60. The van der Waals surface area contributed by atoms with Crippen LogP contribution >= 0.6 is 0 Å². The lowest BCUT2D eigenvalue weighted by molar-refractivity contribution is 0.205. The Balaban J connectivity index is 2.16. The predicted octanol–water partition coefficient (Wildman–Crippen LogP) is 3.19. The van der Waals surface area contributed by atoms with E-state index in [1.54, 1.807) is 19.2 Å². The van der Waals surface area contributed by atoms with Crippen LogP contribution in [0.25, 0.3) is 0 Å². The van der Waals surface area contributed by atoms with Crippen molar-refractivity contribution in [2.24, 2.45) is 0 Å². The minimum absolute atomic E-state index is 0.0196. The van der Waals surface area contributed by atoms with E-state index in [0.717, 1.165) is 29.7 Å². The van der Waals surface area contributed by atoms with Gasteiger partial charge in [-0.05, 0) is 43.0 Å². The number of aryl methyl sites for hydroxylation is 1. The first-order valence-electron chi connectivity index (χ1n) is 6.00. The van der Waals surface area contributed by atoms with Crippen molar-refractivity contribution in [2.45, 2.75) is 25.9 Å². The molecule has 1 heterocycles. The Hall–Kier alpha value is -1.90. The van der Waals surface area contributed by atoms with Crippen molar-refractivity contribution < 1.29 is 14.6 Å². The molecule has 1 atom stereocenters. The minimum atomic E-state index is 0.0196. The van der Waals surface area contributed by atoms with E-state index < -0.39 is 0 Å². The highest BCUT2D eigenvalue weighted by Gasteiger charge is 2.21. The van der Waals surface area contributed by atoms with Gasteiger partial charge in [0.15, 0.2) is 0 Å². The number of fused-ring (bicyclic) bond motifs is 1. The van der Waals surface area contributed by atoms with Crippen molar-refractivity contribution in [2.75, 3.05) is 7.11 Å². The predicted molar refractivity (Wildman–Crippen MR) is 70.7 cm³/mol. The smallest absolute Gasteiger partial charge is 0.127 e. The molecule has 1 aromatic rings. The number of allylic oxidation sites excluding steroid dienone is 1. The van der Waals surface area contributed by atoms with Crippen molar-refractivity contribution >= 4 is 0 Å². The van der Waals surface area contributed by atoms with E-state index in [-0.39, 0.29) is 11.9 Å². The van der Waals surface area contributed by atoms with E-state index in [4.69, 9.17) is 9.47 Å². The zero-order valence-corrected chi connectivity index (χ0v) is 10.8. The maximum Gasteiger partial charge on any atom is 0.127 e. The van der Waals surface area contributed by atoms with Crippen LogP contribution in [0, 0.1) is 0 Å². The molecule has 1 aliphatic rings. The molecule has 1 N–H and O–H groups in total. The largest absolute Gasteiger partial charge is 0.508 e. The Morgan fingerprint density at radius 3 is 3.06 bits per heavy atom. The lowest BCUT2D eigenvalue weighted by Crippen LogP contribution is -2.23. The van der Waals surface area contributed by atoms with E-state index in [0.29, 0.717) is 5.76 Å². The van der Waals surface area contributed by atoms with Crippen LogP contribution in [-0.4, -0.2) is 18.3 Å². The topological polar surface area (TPSA) is 38.7 Å². The molecule has 1 aromatic carbocycles. The SMILES string of the molecule is C=C(C=C(C)C1CCc2ccc(O)cc2O1)OC. The van der Waals surface area contributed by atoms with Gasteiger partial charge in [0.2, 0.25) is 0 Å². The average molecular weight is 246 g/mol. The van der Waals surface area contributed by atoms with Gasteiger partial charge in [0.1, 0.15) is 23.4 Å². The first kappa shape index (κ1) is 12.6. The molecule has 96 valence electrons. The number of phenols is 1. The minimum Gasteiger partial charge on any atom is -0.508 e. The fraction of sp³-hybridized carbons (Fsp3) is 0.333. The molecule has 0 saturated carbocycles. The summed E-state index contributed by atoms with van der Waals surface area (Å²) in [6.45, 7) is 5.77. The molecule has 0 bridgehead atoms. The zero-order valence-electron chi connectivity index (χ0n) is 10.8. The van der Waals surface area contributed by atoms with E-state index in [2.05, 4.69) is 6.58 Å². The summed E-state index contributed by atoms with van der Waals surface area (Å²) in [6, 6.07) is 5.27. The van der Waals surface area contributed by atoms with Crippen molar-refractivity contribution in [3.05, 3.63) is 47.7 Å². The maximum absolute atomic E-state index is 9.47. The molecule has 0 radical (unpaired) electrons. The van der Waals surface area contributed by atoms with Gasteiger partial charge in [0.25, 0.3) is 0 Å². The van der Waals surface area contributed by atoms with Crippen molar-refractivity contribution in [1.29, 1.82) is 0 Å². The molecule has 0 spiro atoms. The molecule has 18 heavy (non-hydrogen) atoms.